The van der Waals surface area contributed by atoms with Gasteiger partial charge in [0.2, 0.25) is 5.91 Å². The van der Waals surface area contributed by atoms with E-state index in [2.05, 4.69) is 64.9 Å². The predicted octanol–water partition coefficient (Wildman–Crippen LogP) is 3.44. The zero-order chi connectivity index (χ0) is 21.2. The van der Waals surface area contributed by atoms with Gasteiger partial charge in [-0.3, -0.25) is 9.69 Å². The fourth-order valence-corrected chi connectivity index (χ4v) is 4.36. The van der Waals surface area contributed by atoms with E-state index in [1.54, 1.807) is 4.68 Å². The molecule has 1 fully saturated rings. The molecule has 7 heteroatoms. The van der Waals surface area contributed by atoms with Crippen LogP contribution in [0.25, 0.3) is 5.70 Å². The molecule has 7 nitrogen and oxygen atoms in total. The van der Waals surface area contributed by atoms with Crippen molar-refractivity contribution in [3.05, 3.63) is 77.4 Å². The Balaban J connectivity index is 1.55. The topological polar surface area (TPSA) is 67.2 Å². The molecule has 3 aromatic rings. The fraction of sp³-hybridized carbons (Fsp3) is 0.333. The standard InChI is InChI=1S/C24H26N6O/c1-18-10-12-20(13-11-18)22-16-21(19-8-4-2-5-9-19)29(24-25-26-27-30(22)24)17-23(31)28-14-6-3-7-15-28/h2,4-5,8-13,16,22H,3,6-7,14-15,17H2,1H3/t22-/m1/s1. The lowest BCUT2D eigenvalue weighted by molar-refractivity contribution is -0.130. The number of hydrogen-bond donors (Lipinski definition) is 0. The van der Waals surface area contributed by atoms with Crippen LogP contribution in [0.2, 0.25) is 0 Å². The molecule has 0 bridgehead atoms. The Morgan fingerprint density at radius 1 is 1.00 bits per heavy atom. The number of benzene rings is 2. The highest BCUT2D eigenvalue weighted by Crippen LogP contribution is 2.36. The van der Waals surface area contributed by atoms with Gasteiger partial charge in [-0.25, -0.2) is 0 Å². The Morgan fingerprint density at radius 2 is 1.74 bits per heavy atom. The molecule has 1 aromatic heterocycles. The van der Waals surface area contributed by atoms with E-state index in [9.17, 15) is 4.79 Å². The lowest BCUT2D eigenvalue weighted by Crippen LogP contribution is -2.44. The SMILES string of the molecule is Cc1ccc([C@H]2C=C(c3ccccc3)N(CC(=O)N3CCCCC3)c3nnnn32)cc1. The minimum absolute atomic E-state index is 0.116. The largest absolute Gasteiger partial charge is 0.341 e. The van der Waals surface area contributed by atoms with Crippen molar-refractivity contribution in [3.8, 4) is 0 Å². The Kier molecular flexibility index (Phi) is 5.24. The lowest BCUT2D eigenvalue weighted by atomic mass is 10.00. The second-order valence-electron chi connectivity index (χ2n) is 8.22. The summed E-state index contributed by atoms with van der Waals surface area (Å²) in [6.07, 6.45) is 5.49. The number of likely N-dealkylation sites (tertiary alicyclic amines) is 1. The van der Waals surface area contributed by atoms with Gasteiger partial charge in [-0.15, -0.1) is 0 Å². The Bertz CT molecular complexity index is 1080. The van der Waals surface area contributed by atoms with E-state index in [0.29, 0.717) is 5.95 Å². The number of aryl methyl sites for hydroxylation is 1. The highest BCUT2D eigenvalue weighted by atomic mass is 16.2. The Morgan fingerprint density at radius 3 is 2.48 bits per heavy atom. The zero-order valence-corrected chi connectivity index (χ0v) is 17.7. The molecule has 1 saturated heterocycles. The number of aromatic nitrogens is 4. The van der Waals surface area contributed by atoms with E-state index in [-0.39, 0.29) is 18.5 Å². The number of tetrazole rings is 1. The molecule has 2 aromatic carbocycles. The summed E-state index contributed by atoms with van der Waals surface area (Å²) in [4.78, 5) is 17.1. The van der Waals surface area contributed by atoms with Gasteiger partial charge in [0.1, 0.15) is 12.6 Å². The number of hydrogen-bond acceptors (Lipinski definition) is 5. The van der Waals surface area contributed by atoms with Crippen molar-refractivity contribution >= 4 is 17.6 Å². The maximum absolute atomic E-state index is 13.1. The van der Waals surface area contributed by atoms with Crippen molar-refractivity contribution in [1.82, 2.24) is 25.1 Å². The Labute approximate surface area is 182 Å². The summed E-state index contributed by atoms with van der Waals surface area (Å²) < 4.78 is 1.81. The van der Waals surface area contributed by atoms with E-state index in [0.717, 1.165) is 42.8 Å². The van der Waals surface area contributed by atoms with Crippen molar-refractivity contribution in [3.63, 3.8) is 0 Å². The maximum atomic E-state index is 13.1. The number of fused-ring (bicyclic) bond motifs is 1. The van der Waals surface area contributed by atoms with Crippen molar-refractivity contribution in [2.75, 3.05) is 24.5 Å². The zero-order valence-electron chi connectivity index (χ0n) is 17.7. The summed E-state index contributed by atoms with van der Waals surface area (Å²) >= 11 is 0. The number of amides is 1. The van der Waals surface area contributed by atoms with Crippen LogP contribution in [0.1, 0.15) is 42.0 Å². The van der Waals surface area contributed by atoms with Crippen LogP contribution in [0.4, 0.5) is 5.95 Å². The number of piperidine rings is 1. The van der Waals surface area contributed by atoms with E-state index < -0.39 is 0 Å². The minimum atomic E-state index is -0.137. The average Bonchev–Trinajstić information content (AvgIpc) is 3.31. The van der Waals surface area contributed by atoms with Crippen molar-refractivity contribution in [1.29, 1.82) is 0 Å². The number of nitrogens with zero attached hydrogens (tertiary/aromatic N) is 6. The molecule has 2 aliphatic heterocycles. The van der Waals surface area contributed by atoms with Gasteiger partial charge >= 0.3 is 0 Å². The van der Waals surface area contributed by atoms with Gasteiger partial charge < -0.3 is 4.90 Å². The molecule has 0 N–H and O–H groups in total. The summed E-state index contributed by atoms with van der Waals surface area (Å²) in [5, 5.41) is 12.6. The van der Waals surface area contributed by atoms with Crippen molar-refractivity contribution in [2.24, 2.45) is 0 Å². The molecule has 31 heavy (non-hydrogen) atoms. The van der Waals surface area contributed by atoms with E-state index >= 15 is 0 Å². The molecule has 3 heterocycles. The number of rotatable bonds is 4. The first kappa shape index (κ1) is 19.5. The smallest absolute Gasteiger partial charge is 0.251 e. The monoisotopic (exact) mass is 414 g/mol. The second-order valence-corrected chi connectivity index (χ2v) is 8.22. The molecule has 0 spiro atoms. The van der Waals surface area contributed by atoms with Crippen LogP contribution in [-0.4, -0.2) is 50.6 Å². The summed E-state index contributed by atoms with van der Waals surface area (Å²) in [6, 6.07) is 18.4. The molecule has 2 aliphatic rings. The molecule has 1 amide bonds. The van der Waals surface area contributed by atoms with Crippen LogP contribution in [0.15, 0.2) is 60.7 Å². The van der Waals surface area contributed by atoms with Gasteiger partial charge in [0.15, 0.2) is 0 Å². The third-order valence-corrected chi connectivity index (χ3v) is 6.08. The van der Waals surface area contributed by atoms with Crippen LogP contribution < -0.4 is 4.90 Å². The summed E-state index contributed by atoms with van der Waals surface area (Å²) in [7, 11) is 0. The van der Waals surface area contributed by atoms with Crippen LogP contribution in [0.5, 0.6) is 0 Å². The number of allylic oxidation sites excluding steroid dienone is 1. The minimum Gasteiger partial charge on any atom is -0.341 e. The van der Waals surface area contributed by atoms with Crippen molar-refractivity contribution < 1.29 is 4.79 Å². The fourth-order valence-electron chi connectivity index (χ4n) is 4.36. The second kappa shape index (κ2) is 8.34. The van der Waals surface area contributed by atoms with Crippen LogP contribution in [0, 0.1) is 6.92 Å². The van der Waals surface area contributed by atoms with E-state index in [4.69, 9.17) is 0 Å². The van der Waals surface area contributed by atoms with E-state index in [1.807, 2.05) is 28.0 Å². The van der Waals surface area contributed by atoms with Gasteiger partial charge in [0, 0.05) is 13.1 Å². The number of carbonyl (C=O) groups is 1. The lowest BCUT2D eigenvalue weighted by Gasteiger charge is -2.35. The summed E-state index contributed by atoms with van der Waals surface area (Å²) in [6.45, 7) is 3.95. The van der Waals surface area contributed by atoms with Crippen LogP contribution >= 0.6 is 0 Å². The first-order valence-corrected chi connectivity index (χ1v) is 10.9. The molecule has 0 unspecified atom stereocenters. The molecule has 5 rings (SSSR count). The summed E-state index contributed by atoms with van der Waals surface area (Å²) in [5.41, 5.74) is 4.31. The maximum Gasteiger partial charge on any atom is 0.251 e. The number of anilines is 1. The molecule has 0 aliphatic carbocycles. The summed E-state index contributed by atoms with van der Waals surface area (Å²) in [5.74, 6) is 0.710. The van der Waals surface area contributed by atoms with E-state index in [1.165, 1.54) is 12.0 Å². The molecule has 0 radical (unpaired) electrons. The normalized spacial score (nSPS) is 18.5. The molecular formula is C24H26N6O. The first-order chi connectivity index (χ1) is 15.2. The highest BCUT2D eigenvalue weighted by Gasteiger charge is 2.33. The van der Waals surface area contributed by atoms with Gasteiger partial charge in [-0.05, 0) is 53.8 Å². The first-order valence-electron chi connectivity index (χ1n) is 10.9. The molecule has 0 saturated carbocycles. The molecular weight excluding hydrogens is 388 g/mol. The average molecular weight is 415 g/mol. The third-order valence-electron chi connectivity index (χ3n) is 6.08. The van der Waals surface area contributed by atoms with Gasteiger partial charge in [0.05, 0.1) is 5.70 Å². The Hall–Kier alpha value is -3.48. The van der Waals surface area contributed by atoms with Gasteiger partial charge in [0.25, 0.3) is 5.95 Å². The van der Waals surface area contributed by atoms with Crippen LogP contribution in [-0.2, 0) is 4.79 Å². The van der Waals surface area contributed by atoms with Gasteiger partial charge in [-0.1, -0.05) is 65.3 Å². The number of carbonyl (C=O) groups excluding carboxylic acids is 1. The molecule has 1 atom stereocenters. The third kappa shape index (κ3) is 3.83. The van der Waals surface area contributed by atoms with Crippen LogP contribution in [0.3, 0.4) is 0 Å². The predicted molar refractivity (Wildman–Crippen MR) is 119 cm³/mol. The molecule has 158 valence electrons. The quantitative estimate of drug-likeness (QED) is 0.654. The highest BCUT2D eigenvalue weighted by molar-refractivity contribution is 5.89. The van der Waals surface area contributed by atoms with Crippen molar-refractivity contribution in [2.45, 2.75) is 32.2 Å². The van der Waals surface area contributed by atoms with Gasteiger partial charge in [-0.2, -0.15) is 4.68 Å².